The predicted octanol–water partition coefficient (Wildman–Crippen LogP) is 2.88. The normalized spacial score (nSPS) is 15.7. The summed E-state index contributed by atoms with van der Waals surface area (Å²) in [6.45, 7) is 3.83. The van der Waals surface area contributed by atoms with E-state index in [4.69, 9.17) is 9.47 Å². The van der Waals surface area contributed by atoms with Crippen LogP contribution in [0.2, 0.25) is 0 Å². The Morgan fingerprint density at radius 3 is 2.41 bits per heavy atom. The number of nitrogens with zero attached hydrogens (tertiary/aromatic N) is 1. The van der Waals surface area contributed by atoms with Gasteiger partial charge in [-0.2, -0.15) is 0 Å². The second-order valence-corrected chi connectivity index (χ2v) is 9.79. The number of amides is 1. The Hall–Kier alpha value is -2.98. The van der Waals surface area contributed by atoms with Crippen molar-refractivity contribution in [2.24, 2.45) is 0 Å². The van der Waals surface area contributed by atoms with E-state index >= 15 is 0 Å². The third kappa shape index (κ3) is 5.43. The standard InChI is InChI=1S/C22H26N2O7S/c1-3-31-19-6-4-17(5-7-19)22(8-10-30-11-9-22)15-23-21(25)16-12-18(24(26)27)14-20(13-16)32(2,28)29/h4-7,12-14H,3,8-11,15H2,1-2H3,(H,23,25). The summed E-state index contributed by atoms with van der Waals surface area (Å²) in [5.41, 5.74) is 0.123. The van der Waals surface area contributed by atoms with Crippen LogP contribution in [0, 0.1) is 10.1 Å². The Kier molecular flexibility index (Phi) is 7.15. The molecule has 0 atom stereocenters. The number of carbonyl (C=O) groups is 1. The first kappa shape index (κ1) is 23.7. The van der Waals surface area contributed by atoms with Crippen molar-refractivity contribution in [1.29, 1.82) is 0 Å². The van der Waals surface area contributed by atoms with Crippen LogP contribution in [0.3, 0.4) is 0 Å². The molecule has 1 aliphatic rings. The van der Waals surface area contributed by atoms with Gasteiger partial charge in [0, 0.05) is 49.1 Å². The fraction of sp³-hybridized carbons (Fsp3) is 0.409. The summed E-state index contributed by atoms with van der Waals surface area (Å²) in [7, 11) is -3.73. The Morgan fingerprint density at radius 1 is 1.19 bits per heavy atom. The fourth-order valence-corrected chi connectivity index (χ4v) is 4.46. The van der Waals surface area contributed by atoms with Crippen LogP contribution >= 0.6 is 0 Å². The average molecular weight is 463 g/mol. The molecule has 0 radical (unpaired) electrons. The van der Waals surface area contributed by atoms with Crippen molar-refractivity contribution in [3.8, 4) is 5.75 Å². The minimum Gasteiger partial charge on any atom is -0.494 e. The third-order valence-electron chi connectivity index (χ3n) is 5.61. The lowest BCUT2D eigenvalue weighted by molar-refractivity contribution is -0.385. The van der Waals surface area contributed by atoms with Crippen molar-refractivity contribution in [1.82, 2.24) is 5.32 Å². The summed E-state index contributed by atoms with van der Waals surface area (Å²) >= 11 is 0. The number of hydrogen-bond donors (Lipinski definition) is 1. The number of rotatable bonds is 8. The molecule has 1 N–H and O–H groups in total. The number of hydrogen-bond acceptors (Lipinski definition) is 7. The Balaban J connectivity index is 1.86. The second-order valence-electron chi connectivity index (χ2n) is 7.78. The quantitative estimate of drug-likeness (QED) is 0.472. The van der Waals surface area contributed by atoms with Crippen LogP contribution in [0.1, 0.15) is 35.7 Å². The molecule has 0 aliphatic carbocycles. The van der Waals surface area contributed by atoms with Crippen molar-refractivity contribution in [2.45, 2.75) is 30.1 Å². The molecule has 32 heavy (non-hydrogen) atoms. The molecule has 172 valence electrons. The maximum absolute atomic E-state index is 12.9. The number of non-ortho nitro benzene ring substituents is 1. The van der Waals surface area contributed by atoms with Crippen LogP contribution < -0.4 is 10.1 Å². The lowest BCUT2D eigenvalue weighted by Crippen LogP contribution is -2.44. The smallest absolute Gasteiger partial charge is 0.271 e. The number of carbonyl (C=O) groups excluding carboxylic acids is 1. The highest BCUT2D eigenvalue weighted by Crippen LogP contribution is 2.35. The Morgan fingerprint density at radius 2 is 1.84 bits per heavy atom. The lowest BCUT2D eigenvalue weighted by Gasteiger charge is -2.38. The molecular formula is C22H26N2O7S. The average Bonchev–Trinajstić information content (AvgIpc) is 2.78. The van der Waals surface area contributed by atoms with Crippen molar-refractivity contribution < 1.29 is 27.6 Å². The van der Waals surface area contributed by atoms with E-state index in [1.165, 1.54) is 0 Å². The maximum Gasteiger partial charge on any atom is 0.271 e. The molecule has 1 heterocycles. The second kappa shape index (κ2) is 9.66. The van der Waals surface area contributed by atoms with E-state index in [1.54, 1.807) is 0 Å². The van der Waals surface area contributed by atoms with Gasteiger partial charge in [-0.1, -0.05) is 12.1 Å². The zero-order valence-corrected chi connectivity index (χ0v) is 18.8. The minimum atomic E-state index is -3.73. The molecule has 2 aromatic carbocycles. The van der Waals surface area contributed by atoms with E-state index in [1.807, 2.05) is 31.2 Å². The molecule has 2 aromatic rings. The molecule has 0 unspecified atom stereocenters. The van der Waals surface area contributed by atoms with E-state index in [0.717, 1.165) is 35.8 Å². The number of nitrogens with one attached hydrogen (secondary N) is 1. The molecule has 0 aromatic heterocycles. The number of nitro groups is 1. The van der Waals surface area contributed by atoms with E-state index in [0.29, 0.717) is 32.7 Å². The molecule has 10 heteroatoms. The number of ether oxygens (including phenoxy) is 2. The SMILES string of the molecule is CCOc1ccc(C2(CNC(=O)c3cc([N+](=O)[O-])cc(S(C)(=O)=O)c3)CCOCC2)cc1. The topological polar surface area (TPSA) is 125 Å². The van der Waals surface area contributed by atoms with Gasteiger partial charge in [-0.05, 0) is 43.5 Å². The Bertz CT molecular complexity index is 1090. The van der Waals surface area contributed by atoms with E-state index < -0.39 is 26.4 Å². The Labute approximate surface area is 186 Å². The summed E-state index contributed by atoms with van der Waals surface area (Å²) in [5, 5.41) is 14.1. The van der Waals surface area contributed by atoms with Crippen LogP contribution in [0.25, 0.3) is 0 Å². The number of benzene rings is 2. The summed E-state index contributed by atoms with van der Waals surface area (Å²) in [4.78, 5) is 23.1. The molecule has 0 saturated carbocycles. The van der Waals surface area contributed by atoms with Crippen molar-refractivity contribution in [3.05, 3.63) is 63.7 Å². The zero-order valence-electron chi connectivity index (χ0n) is 18.0. The van der Waals surface area contributed by atoms with Gasteiger partial charge in [-0.3, -0.25) is 14.9 Å². The van der Waals surface area contributed by atoms with Crippen molar-refractivity contribution in [2.75, 3.05) is 32.6 Å². The summed E-state index contributed by atoms with van der Waals surface area (Å²) in [6, 6.07) is 10.9. The summed E-state index contributed by atoms with van der Waals surface area (Å²) in [5.74, 6) is 0.183. The number of nitro benzene ring substituents is 1. The van der Waals surface area contributed by atoms with Gasteiger partial charge in [0.2, 0.25) is 0 Å². The first-order valence-corrected chi connectivity index (χ1v) is 12.1. The third-order valence-corrected chi connectivity index (χ3v) is 6.70. The molecule has 1 amide bonds. The maximum atomic E-state index is 12.9. The van der Waals surface area contributed by atoms with E-state index in [2.05, 4.69) is 5.32 Å². The molecular weight excluding hydrogens is 436 g/mol. The van der Waals surface area contributed by atoms with Gasteiger partial charge in [0.1, 0.15) is 5.75 Å². The van der Waals surface area contributed by atoms with Gasteiger partial charge in [0.05, 0.1) is 16.4 Å². The highest BCUT2D eigenvalue weighted by molar-refractivity contribution is 7.90. The predicted molar refractivity (Wildman–Crippen MR) is 118 cm³/mol. The molecule has 1 saturated heterocycles. The van der Waals surface area contributed by atoms with E-state index in [-0.39, 0.29) is 22.4 Å². The largest absolute Gasteiger partial charge is 0.494 e. The van der Waals surface area contributed by atoms with Gasteiger partial charge < -0.3 is 14.8 Å². The van der Waals surface area contributed by atoms with Crippen LogP contribution in [-0.2, 0) is 20.0 Å². The first-order chi connectivity index (χ1) is 15.1. The van der Waals surface area contributed by atoms with Crippen molar-refractivity contribution >= 4 is 21.4 Å². The molecule has 1 fully saturated rings. The van der Waals surface area contributed by atoms with Crippen LogP contribution in [-0.4, -0.2) is 51.9 Å². The first-order valence-electron chi connectivity index (χ1n) is 10.2. The fourth-order valence-electron chi connectivity index (χ4n) is 3.79. The molecule has 1 aliphatic heterocycles. The molecule has 9 nitrogen and oxygen atoms in total. The van der Waals surface area contributed by atoms with E-state index in [9.17, 15) is 23.3 Å². The highest BCUT2D eigenvalue weighted by atomic mass is 32.2. The molecule has 0 spiro atoms. The monoisotopic (exact) mass is 462 g/mol. The van der Waals surface area contributed by atoms with Gasteiger partial charge in [-0.15, -0.1) is 0 Å². The summed E-state index contributed by atoms with van der Waals surface area (Å²) in [6.07, 6.45) is 2.31. The van der Waals surface area contributed by atoms with Crippen LogP contribution in [0.15, 0.2) is 47.4 Å². The van der Waals surface area contributed by atoms with Crippen molar-refractivity contribution in [3.63, 3.8) is 0 Å². The lowest BCUT2D eigenvalue weighted by atomic mass is 9.74. The van der Waals surface area contributed by atoms with Crippen LogP contribution in [0.4, 0.5) is 5.69 Å². The molecule has 0 bridgehead atoms. The summed E-state index contributed by atoms with van der Waals surface area (Å²) < 4.78 is 34.9. The van der Waals surface area contributed by atoms with Gasteiger partial charge in [0.15, 0.2) is 9.84 Å². The minimum absolute atomic E-state index is 0.0754. The van der Waals surface area contributed by atoms with Gasteiger partial charge in [0.25, 0.3) is 11.6 Å². The molecule has 3 rings (SSSR count). The van der Waals surface area contributed by atoms with Crippen LogP contribution in [0.5, 0.6) is 5.75 Å². The number of sulfone groups is 1. The highest BCUT2D eigenvalue weighted by Gasteiger charge is 2.35. The van der Waals surface area contributed by atoms with Gasteiger partial charge >= 0.3 is 0 Å². The zero-order chi connectivity index (χ0) is 23.4. The van der Waals surface area contributed by atoms with Gasteiger partial charge in [-0.25, -0.2) is 8.42 Å².